The van der Waals surface area contributed by atoms with Crippen LogP contribution in [0.3, 0.4) is 0 Å². The van der Waals surface area contributed by atoms with Crippen LogP contribution in [0.1, 0.15) is 88.2 Å². The number of rotatable bonds is 4. The van der Waals surface area contributed by atoms with E-state index in [1.807, 2.05) is 0 Å². The standard InChI is InChI=1S/C23H31BrN/c1-2-20(17-9-5-3-6-10-17)22-16-25(19-11-7-4-8-12-19)23-14-13-18(24)15-21(22)23/h13-17,19-20H,1-12H2. The van der Waals surface area contributed by atoms with Crippen molar-refractivity contribution in [1.82, 2.24) is 4.57 Å². The molecule has 2 heteroatoms. The third-order valence-corrected chi connectivity index (χ3v) is 7.22. The molecule has 2 saturated carbocycles. The average Bonchev–Trinajstić information content (AvgIpc) is 3.03. The van der Waals surface area contributed by atoms with Crippen molar-refractivity contribution < 1.29 is 0 Å². The first-order valence-corrected chi connectivity index (χ1v) is 11.2. The molecule has 2 fully saturated rings. The van der Waals surface area contributed by atoms with E-state index in [9.17, 15) is 0 Å². The van der Waals surface area contributed by atoms with Crippen LogP contribution < -0.4 is 0 Å². The zero-order valence-electron chi connectivity index (χ0n) is 15.4. The van der Waals surface area contributed by atoms with Gasteiger partial charge in [-0.2, -0.15) is 0 Å². The van der Waals surface area contributed by atoms with E-state index in [1.165, 1.54) is 79.6 Å². The third kappa shape index (κ3) is 3.56. The van der Waals surface area contributed by atoms with Gasteiger partial charge in [0.15, 0.2) is 0 Å². The molecule has 2 aliphatic rings. The summed E-state index contributed by atoms with van der Waals surface area (Å²) >= 11 is 3.71. The molecule has 4 rings (SSSR count). The highest BCUT2D eigenvalue weighted by molar-refractivity contribution is 9.10. The van der Waals surface area contributed by atoms with Gasteiger partial charge in [0.2, 0.25) is 0 Å². The molecule has 0 amide bonds. The van der Waals surface area contributed by atoms with E-state index in [0.717, 1.165) is 12.3 Å². The summed E-state index contributed by atoms with van der Waals surface area (Å²) in [5.41, 5.74) is 3.02. The van der Waals surface area contributed by atoms with Crippen LogP contribution in [0.5, 0.6) is 0 Å². The average molecular weight is 401 g/mol. The second kappa shape index (κ2) is 7.86. The van der Waals surface area contributed by atoms with Crippen LogP contribution in [-0.2, 0) is 0 Å². The van der Waals surface area contributed by atoms with Gasteiger partial charge in [0.25, 0.3) is 0 Å². The van der Waals surface area contributed by atoms with Crippen LogP contribution >= 0.6 is 15.9 Å². The molecule has 2 aliphatic carbocycles. The normalized spacial score (nSPS) is 21.7. The lowest BCUT2D eigenvalue weighted by molar-refractivity contribution is 0.304. The molecular formula is C23H31BrN. The Labute approximate surface area is 161 Å². The summed E-state index contributed by atoms with van der Waals surface area (Å²) in [5, 5.41) is 1.47. The number of halogens is 1. The molecule has 2 aromatic rings. The summed E-state index contributed by atoms with van der Waals surface area (Å²) in [7, 11) is 0. The van der Waals surface area contributed by atoms with E-state index in [1.54, 1.807) is 5.56 Å². The molecule has 25 heavy (non-hydrogen) atoms. The Balaban J connectivity index is 1.77. The molecule has 0 bridgehead atoms. The molecule has 1 heterocycles. The third-order valence-electron chi connectivity index (χ3n) is 6.72. The Morgan fingerprint density at radius 2 is 1.68 bits per heavy atom. The van der Waals surface area contributed by atoms with Gasteiger partial charge in [-0.15, -0.1) is 0 Å². The predicted octanol–water partition coefficient (Wildman–Crippen LogP) is 7.80. The summed E-state index contributed by atoms with van der Waals surface area (Å²) < 4.78 is 3.83. The fraction of sp³-hybridized carbons (Fsp3) is 0.609. The molecule has 1 radical (unpaired) electrons. The van der Waals surface area contributed by atoms with Crippen LogP contribution in [0.25, 0.3) is 10.9 Å². The van der Waals surface area contributed by atoms with E-state index < -0.39 is 0 Å². The zero-order valence-corrected chi connectivity index (χ0v) is 16.9. The van der Waals surface area contributed by atoms with Gasteiger partial charge in [0.05, 0.1) is 0 Å². The minimum Gasteiger partial charge on any atom is -0.344 e. The van der Waals surface area contributed by atoms with Crippen molar-refractivity contribution in [2.45, 2.75) is 82.6 Å². The minimum absolute atomic E-state index is 0.627. The predicted molar refractivity (Wildman–Crippen MR) is 111 cm³/mol. The lowest BCUT2D eigenvalue weighted by Crippen LogP contribution is -2.16. The van der Waals surface area contributed by atoms with Crippen molar-refractivity contribution >= 4 is 26.8 Å². The minimum atomic E-state index is 0.627. The van der Waals surface area contributed by atoms with E-state index >= 15 is 0 Å². The highest BCUT2D eigenvalue weighted by atomic mass is 79.9. The van der Waals surface area contributed by atoms with Gasteiger partial charge in [0.1, 0.15) is 0 Å². The molecule has 1 unspecified atom stereocenters. The molecule has 0 N–H and O–H groups in total. The molecule has 1 atom stereocenters. The SMILES string of the molecule is [CH2]CC(c1cn(C2CCCCC2)c2ccc(Br)cc12)C1CCCCC1. The second-order valence-electron chi connectivity index (χ2n) is 8.24. The van der Waals surface area contributed by atoms with Crippen molar-refractivity contribution in [2.75, 3.05) is 0 Å². The van der Waals surface area contributed by atoms with Crippen molar-refractivity contribution in [3.8, 4) is 0 Å². The first-order chi connectivity index (χ1) is 12.3. The van der Waals surface area contributed by atoms with Crippen molar-refractivity contribution in [2.24, 2.45) is 5.92 Å². The summed E-state index contributed by atoms with van der Waals surface area (Å²) in [6.45, 7) is 4.37. The Morgan fingerprint density at radius 1 is 1.00 bits per heavy atom. The van der Waals surface area contributed by atoms with E-state index in [-0.39, 0.29) is 0 Å². The van der Waals surface area contributed by atoms with Gasteiger partial charge in [-0.3, -0.25) is 0 Å². The first-order valence-electron chi connectivity index (χ1n) is 10.4. The van der Waals surface area contributed by atoms with Gasteiger partial charge in [-0.05, 0) is 67.7 Å². The fourth-order valence-corrected chi connectivity index (χ4v) is 5.75. The lowest BCUT2D eigenvalue weighted by Gasteiger charge is -2.29. The van der Waals surface area contributed by atoms with Crippen molar-refractivity contribution in [1.29, 1.82) is 0 Å². The van der Waals surface area contributed by atoms with Crippen LogP contribution in [0.4, 0.5) is 0 Å². The van der Waals surface area contributed by atoms with Crippen molar-refractivity contribution in [3.05, 3.63) is 41.4 Å². The number of aromatic nitrogens is 1. The Kier molecular flexibility index (Phi) is 5.55. The largest absolute Gasteiger partial charge is 0.344 e. The Hall–Kier alpha value is -0.760. The highest BCUT2D eigenvalue weighted by Gasteiger charge is 2.28. The first kappa shape index (κ1) is 17.6. The van der Waals surface area contributed by atoms with Gasteiger partial charge in [-0.25, -0.2) is 0 Å². The number of hydrogen-bond donors (Lipinski definition) is 0. The van der Waals surface area contributed by atoms with Gasteiger partial charge in [0, 0.05) is 27.6 Å². The maximum Gasteiger partial charge on any atom is 0.0486 e. The molecule has 135 valence electrons. The van der Waals surface area contributed by atoms with E-state index in [2.05, 4.69) is 51.8 Å². The van der Waals surface area contributed by atoms with Gasteiger partial charge < -0.3 is 4.57 Å². The van der Waals surface area contributed by atoms with Gasteiger partial charge >= 0.3 is 0 Å². The number of fused-ring (bicyclic) bond motifs is 1. The Bertz CT molecular complexity index is 704. The van der Waals surface area contributed by atoms with Crippen LogP contribution in [0.15, 0.2) is 28.9 Å². The number of benzene rings is 1. The van der Waals surface area contributed by atoms with Crippen LogP contribution in [-0.4, -0.2) is 4.57 Å². The molecule has 0 aliphatic heterocycles. The molecule has 1 aromatic heterocycles. The maximum atomic E-state index is 4.37. The molecule has 0 spiro atoms. The van der Waals surface area contributed by atoms with E-state index in [4.69, 9.17) is 0 Å². The second-order valence-corrected chi connectivity index (χ2v) is 9.15. The topological polar surface area (TPSA) is 4.93 Å². The lowest BCUT2D eigenvalue weighted by atomic mass is 9.75. The molecule has 0 saturated heterocycles. The summed E-state index contributed by atoms with van der Waals surface area (Å²) in [4.78, 5) is 0. The fourth-order valence-electron chi connectivity index (χ4n) is 5.39. The monoisotopic (exact) mass is 400 g/mol. The van der Waals surface area contributed by atoms with Crippen LogP contribution in [0.2, 0.25) is 0 Å². The maximum absolute atomic E-state index is 4.37. The molecule has 1 nitrogen and oxygen atoms in total. The van der Waals surface area contributed by atoms with Crippen molar-refractivity contribution in [3.63, 3.8) is 0 Å². The quantitative estimate of drug-likeness (QED) is 0.493. The number of nitrogens with zero attached hydrogens (tertiary/aromatic N) is 1. The molecular weight excluding hydrogens is 370 g/mol. The Morgan fingerprint density at radius 3 is 2.36 bits per heavy atom. The summed E-state index contributed by atoms with van der Waals surface area (Å²) in [6, 6.07) is 7.60. The van der Waals surface area contributed by atoms with Crippen LogP contribution in [0, 0.1) is 12.8 Å². The highest BCUT2D eigenvalue weighted by Crippen LogP contribution is 2.43. The smallest absolute Gasteiger partial charge is 0.0486 e. The zero-order chi connectivity index (χ0) is 17.2. The van der Waals surface area contributed by atoms with Gasteiger partial charge in [-0.1, -0.05) is 61.4 Å². The van der Waals surface area contributed by atoms with E-state index in [0.29, 0.717) is 12.0 Å². The summed E-state index contributed by atoms with van der Waals surface area (Å²) in [5.74, 6) is 1.46. The molecule has 1 aromatic carbocycles. The number of hydrogen-bond acceptors (Lipinski definition) is 0. The summed E-state index contributed by atoms with van der Waals surface area (Å²) in [6.07, 6.45) is 17.5.